The van der Waals surface area contributed by atoms with Crippen molar-refractivity contribution < 1.29 is 18.3 Å². The first-order valence-electron chi connectivity index (χ1n) is 7.80. The summed E-state index contributed by atoms with van der Waals surface area (Å²) in [5.74, 6) is -1.35. The summed E-state index contributed by atoms with van der Waals surface area (Å²) in [5, 5.41) is 12.5. The molecule has 26 heavy (non-hydrogen) atoms. The van der Waals surface area contributed by atoms with Gasteiger partial charge >= 0.3 is 0 Å². The first-order valence-corrected chi connectivity index (χ1v) is 7.80. The van der Waals surface area contributed by atoms with E-state index in [1.165, 1.54) is 16.8 Å². The molecule has 0 spiro atoms. The number of carbonyl (C=O) groups excluding carboxylic acids is 1. The van der Waals surface area contributed by atoms with Gasteiger partial charge in [-0.05, 0) is 0 Å². The molecule has 0 radical (unpaired) electrons. The van der Waals surface area contributed by atoms with E-state index >= 15 is 0 Å². The molecule has 0 saturated carbocycles. The van der Waals surface area contributed by atoms with Gasteiger partial charge in [0.2, 0.25) is 0 Å². The summed E-state index contributed by atoms with van der Waals surface area (Å²) in [5.41, 5.74) is 0.544. The van der Waals surface area contributed by atoms with Crippen LogP contribution in [-0.4, -0.2) is 40.7 Å². The highest BCUT2D eigenvalue weighted by Gasteiger charge is 2.19. The Morgan fingerprint density at radius 3 is 2.92 bits per heavy atom. The number of nitrogens with zero attached hydrogens (tertiary/aromatic N) is 3. The molecule has 0 saturated heterocycles. The molecular formula is C16H14F2N6O2. The van der Waals surface area contributed by atoms with Crippen LogP contribution in [0.1, 0.15) is 10.4 Å². The van der Waals surface area contributed by atoms with Crippen molar-refractivity contribution in [2.24, 2.45) is 0 Å². The third kappa shape index (κ3) is 2.65. The molecule has 4 bridgehead atoms. The van der Waals surface area contributed by atoms with Gasteiger partial charge in [-0.1, -0.05) is 0 Å². The second-order valence-corrected chi connectivity index (χ2v) is 5.56. The van der Waals surface area contributed by atoms with E-state index in [9.17, 15) is 13.6 Å². The molecule has 3 aromatic rings. The van der Waals surface area contributed by atoms with Crippen LogP contribution in [0, 0.1) is 11.6 Å². The van der Waals surface area contributed by atoms with E-state index in [1.54, 1.807) is 13.1 Å². The number of halogens is 2. The average Bonchev–Trinajstić information content (AvgIpc) is 3.04. The molecule has 4 rings (SSSR count). The zero-order chi connectivity index (χ0) is 18.3. The number of benzene rings is 1. The predicted octanol–water partition coefficient (Wildman–Crippen LogP) is 1.91. The Bertz CT molecular complexity index is 1020. The number of hydrogen-bond donors (Lipinski definition) is 3. The second-order valence-electron chi connectivity index (χ2n) is 5.56. The van der Waals surface area contributed by atoms with Crippen LogP contribution in [0.15, 0.2) is 24.4 Å². The molecule has 1 aromatic carbocycles. The molecule has 10 heteroatoms. The minimum Gasteiger partial charge on any atom is -0.489 e. The van der Waals surface area contributed by atoms with Crippen molar-refractivity contribution in [1.29, 1.82) is 0 Å². The zero-order valence-electron chi connectivity index (χ0n) is 13.6. The Kier molecular flexibility index (Phi) is 3.79. The highest BCUT2D eigenvalue weighted by Crippen LogP contribution is 2.29. The maximum atomic E-state index is 14.1. The molecule has 134 valence electrons. The number of rotatable bonds is 1. The lowest BCUT2D eigenvalue weighted by Crippen LogP contribution is -2.28. The Morgan fingerprint density at radius 1 is 1.27 bits per heavy atom. The van der Waals surface area contributed by atoms with Crippen LogP contribution >= 0.6 is 0 Å². The lowest BCUT2D eigenvalue weighted by atomic mass is 10.2. The summed E-state index contributed by atoms with van der Waals surface area (Å²) < 4.78 is 34.8. The monoisotopic (exact) mass is 360 g/mol. The number of ether oxygens (including phenoxy) is 1. The van der Waals surface area contributed by atoms with Crippen molar-refractivity contribution in [1.82, 2.24) is 19.9 Å². The molecule has 1 aliphatic rings. The van der Waals surface area contributed by atoms with Crippen LogP contribution in [0.2, 0.25) is 0 Å². The van der Waals surface area contributed by atoms with Gasteiger partial charge in [0.25, 0.3) is 5.91 Å². The van der Waals surface area contributed by atoms with E-state index < -0.39 is 17.5 Å². The molecule has 0 atom stereocenters. The van der Waals surface area contributed by atoms with Gasteiger partial charge in [-0.2, -0.15) is 9.61 Å². The van der Waals surface area contributed by atoms with E-state index in [-0.39, 0.29) is 36.0 Å². The quantitative estimate of drug-likeness (QED) is 0.614. The molecule has 0 unspecified atom stereocenters. The van der Waals surface area contributed by atoms with Crippen molar-refractivity contribution in [3.63, 3.8) is 0 Å². The summed E-state index contributed by atoms with van der Waals surface area (Å²) in [6.45, 7) is 0.152. The molecule has 0 fully saturated rings. The van der Waals surface area contributed by atoms with E-state index in [0.29, 0.717) is 11.5 Å². The first-order chi connectivity index (χ1) is 12.6. The summed E-state index contributed by atoms with van der Waals surface area (Å²) in [6.07, 6.45) is 1.39. The van der Waals surface area contributed by atoms with Crippen molar-refractivity contribution in [3.8, 4) is 5.75 Å². The SMILES string of the molecule is CNc1cc2nc3c(cnn13)C(=O)NCCOc1cc(c(F)cc1F)N2. The highest BCUT2D eigenvalue weighted by atomic mass is 19.1. The maximum absolute atomic E-state index is 14.1. The summed E-state index contributed by atoms with van der Waals surface area (Å²) in [4.78, 5) is 16.7. The number of carbonyl (C=O) groups is 1. The van der Waals surface area contributed by atoms with Crippen LogP contribution in [0.25, 0.3) is 5.65 Å². The van der Waals surface area contributed by atoms with E-state index in [1.807, 2.05) is 0 Å². The van der Waals surface area contributed by atoms with Crippen LogP contribution in [0.3, 0.4) is 0 Å². The lowest BCUT2D eigenvalue weighted by Gasteiger charge is -2.12. The normalized spacial score (nSPS) is 13.9. The van der Waals surface area contributed by atoms with Crippen LogP contribution in [0.5, 0.6) is 5.75 Å². The minimum atomic E-state index is -0.829. The van der Waals surface area contributed by atoms with Gasteiger partial charge in [0.15, 0.2) is 17.2 Å². The standard InChI is InChI=1S/C16H14F2N6O2/c1-19-14-6-13-22-11-5-12(10(18)4-9(11)17)26-3-2-20-16(25)8-7-21-24(14)15(8)23-13/h4-7,19H,2-3H2,1H3,(H,20,25)(H,22,23). The van der Waals surface area contributed by atoms with Crippen molar-refractivity contribution in [3.05, 3.63) is 41.6 Å². The van der Waals surface area contributed by atoms with Crippen LogP contribution in [0.4, 0.5) is 26.1 Å². The van der Waals surface area contributed by atoms with Gasteiger partial charge in [0, 0.05) is 25.2 Å². The molecule has 1 aliphatic heterocycles. The number of anilines is 3. The summed E-state index contributed by atoms with van der Waals surface area (Å²) >= 11 is 0. The molecule has 0 aliphatic carbocycles. The van der Waals surface area contributed by atoms with Gasteiger partial charge in [0.1, 0.15) is 29.6 Å². The minimum absolute atomic E-state index is 0.0000916. The average molecular weight is 360 g/mol. The number of amides is 1. The van der Waals surface area contributed by atoms with Gasteiger partial charge in [-0.15, -0.1) is 0 Å². The molecular weight excluding hydrogens is 346 g/mol. The summed E-state index contributed by atoms with van der Waals surface area (Å²) in [6, 6.07) is 3.54. The fourth-order valence-electron chi connectivity index (χ4n) is 2.66. The van der Waals surface area contributed by atoms with Crippen molar-refractivity contribution >= 4 is 28.9 Å². The van der Waals surface area contributed by atoms with Gasteiger partial charge in [-0.25, -0.2) is 13.8 Å². The van der Waals surface area contributed by atoms with E-state index in [0.717, 1.165) is 6.07 Å². The third-order valence-corrected chi connectivity index (χ3v) is 3.90. The molecule has 3 heterocycles. The Labute approximate surface area is 146 Å². The van der Waals surface area contributed by atoms with E-state index in [4.69, 9.17) is 4.74 Å². The molecule has 2 aromatic heterocycles. The Hall–Kier alpha value is -3.43. The van der Waals surface area contributed by atoms with Crippen LogP contribution < -0.4 is 20.7 Å². The van der Waals surface area contributed by atoms with Gasteiger partial charge < -0.3 is 20.7 Å². The van der Waals surface area contributed by atoms with Crippen LogP contribution in [-0.2, 0) is 0 Å². The largest absolute Gasteiger partial charge is 0.489 e. The maximum Gasteiger partial charge on any atom is 0.256 e. The number of nitrogens with one attached hydrogen (secondary N) is 3. The molecule has 3 N–H and O–H groups in total. The number of hydrogen-bond acceptors (Lipinski definition) is 6. The Balaban J connectivity index is 1.91. The first kappa shape index (κ1) is 16.1. The highest BCUT2D eigenvalue weighted by molar-refractivity contribution is 6.00. The fraction of sp³-hybridized carbons (Fsp3) is 0.188. The fourth-order valence-corrected chi connectivity index (χ4v) is 2.66. The third-order valence-electron chi connectivity index (χ3n) is 3.90. The lowest BCUT2D eigenvalue weighted by molar-refractivity contribution is 0.0948. The van der Waals surface area contributed by atoms with E-state index in [2.05, 4.69) is 26.0 Å². The zero-order valence-corrected chi connectivity index (χ0v) is 13.6. The molecule has 8 nitrogen and oxygen atoms in total. The second kappa shape index (κ2) is 6.14. The smallest absolute Gasteiger partial charge is 0.256 e. The van der Waals surface area contributed by atoms with Gasteiger partial charge in [-0.3, -0.25) is 4.79 Å². The predicted molar refractivity (Wildman–Crippen MR) is 90.0 cm³/mol. The number of fused-ring (bicyclic) bond motifs is 3. The number of aromatic nitrogens is 3. The Morgan fingerprint density at radius 2 is 2.12 bits per heavy atom. The molecule has 1 amide bonds. The van der Waals surface area contributed by atoms with Crippen molar-refractivity contribution in [2.45, 2.75) is 0 Å². The topological polar surface area (TPSA) is 92.6 Å². The van der Waals surface area contributed by atoms with Crippen molar-refractivity contribution in [2.75, 3.05) is 30.8 Å². The van der Waals surface area contributed by atoms with Gasteiger partial charge in [0.05, 0.1) is 18.4 Å². The summed E-state index contributed by atoms with van der Waals surface area (Å²) in [7, 11) is 1.68.